The van der Waals surface area contributed by atoms with E-state index in [1.807, 2.05) is 0 Å². The lowest BCUT2D eigenvalue weighted by molar-refractivity contribution is 0.0179. The van der Waals surface area contributed by atoms with Crippen molar-refractivity contribution in [2.75, 3.05) is 52.5 Å². The topological polar surface area (TPSA) is 40.1 Å². The fraction of sp³-hybridized carbons (Fsp3) is 0.650. The molecule has 5 nitrogen and oxygen atoms in total. The SMILES string of the molecule is CCNC(=NCC(c1ccc(C)cc1)N1CCOCC1)N1CCCC1.I. The molecule has 146 valence electrons. The molecule has 1 atom stereocenters. The number of halogens is 1. The van der Waals surface area contributed by atoms with E-state index in [2.05, 4.69) is 53.2 Å². The predicted molar refractivity (Wildman–Crippen MR) is 119 cm³/mol. The maximum atomic E-state index is 5.55. The number of ether oxygens (including phenoxy) is 1. The van der Waals surface area contributed by atoms with Crippen molar-refractivity contribution in [1.82, 2.24) is 15.1 Å². The molecule has 0 aromatic heterocycles. The number of likely N-dealkylation sites (tertiary alicyclic amines) is 1. The second-order valence-corrected chi connectivity index (χ2v) is 6.96. The Balaban J connectivity index is 0.00000243. The van der Waals surface area contributed by atoms with Gasteiger partial charge in [-0.05, 0) is 32.3 Å². The largest absolute Gasteiger partial charge is 0.379 e. The van der Waals surface area contributed by atoms with Gasteiger partial charge in [-0.1, -0.05) is 29.8 Å². The zero-order valence-corrected chi connectivity index (χ0v) is 18.4. The maximum absolute atomic E-state index is 5.55. The average molecular weight is 472 g/mol. The molecule has 6 heteroatoms. The fourth-order valence-electron chi connectivity index (χ4n) is 3.64. The number of nitrogens with one attached hydrogen (secondary N) is 1. The minimum Gasteiger partial charge on any atom is -0.379 e. The molecule has 2 fully saturated rings. The van der Waals surface area contributed by atoms with Crippen LogP contribution in [-0.4, -0.2) is 68.2 Å². The highest BCUT2D eigenvalue weighted by molar-refractivity contribution is 14.0. The first-order valence-corrected chi connectivity index (χ1v) is 9.69. The molecule has 1 aromatic rings. The standard InChI is InChI=1S/C20H32N4O.HI/c1-3-21-20(24-10-4-5-11-24)22-16-19(23-12-14-25-15-13-23)18-8-6-17(2)7-9-18;/h6-9,19H,3-5,10-16H2,1-2H3,(H,21,22);1H. The van der Waals surface area contributed by atoms with Gasteiger partial charge in [0.1, 0.15) is 0 Å². The summed E-state index contributed by atoms with van der Waals surface area (Å²) in [4.78, 5) is 9.94. The molecule has 1 aromatic carbocycles. The van der Waals surface area contributed by atoms with Crippen molar-refractivity contribution in [1.29, 1.82) is 0 Å². The van der Waals surface area contributed by atoms with Crippen LogP contribution in [0.5, 0.6) is 0 Å². The third kappa shape index (κ3) is 5.82. The fourth-order valence-corrected chi connectivity index (χ4v) is 3.64. The summed E-state index contributed by atoms with van der Waals surface area (Å²) in [6.07, 6.45) is 2.55. The molecule has 2 heterocycles. The van der Waals surface area contributed by atoms with Crippen molar-refractivity contribution >= 4 is 29.9 Å². The zero-order chi connectivity index (χ0) is 17.5. The Bertz CT molecular complexity index is 551. The summed E-state index contributed by atoms with van der Waals surface area (Å²) in [7, 11) is 0. The normalized spacial score (nSPS) is 19.9. The Morgan fingerprint density at radius 2 is 1.77 bits per heavy atom. The van der Waals surface area contributed by atoms with Gasteiger partial charge in [0.15, 0.2) is 5.96 Å². The van der Waals surface area contributed by atoms with Crippen LogP contribution in [0.1, 0.15) is 36.9 Å². The quantitative estimate of drug-likeness (QED) is 0.407. The van der Waals surface area contributed by atoms with E-state index in [-0.39, 0.29) is 24.0 Å². The highest BCUT2D eigenvalue weighted by Crippen LogP contribution is 2.23. The van der Waals surface area contributed by atoms with Crippen LogP contribution in [-0.2, 0) is 4.74 Å². The van der Waals surface area contributed by atoms with E-state index in [0.717, 1.165) is 58.4 Å². The summed E-state index contributed by atoms with van der Waals surface area (Å²) in [5.74, 6) is 1.07. The molecule has 1 N–H and O–H groups in total. The van der Waals surface area contributed by atoms with E-state index in [0.29, 0.717) is 6.04 Å². The first-order chi connectivity index (χ1) is 12.3. The third-order valence-corrected chi connectivity index (χ3v) is 5.10. The first kappa shape index (κ1) is 21.4. The van der Waals surface area contributed by atoms with Gasteiger partial charge in [0.05, 0.1) is 25.8 Å². The van der Waals surface area contributed by atoms with Crippen LogP contribution >= 0.6 is 24.0 Å². The van der Waals surface area contributed by atoms with E-state index in [1.165, 1.54) is 24.0 Å². The molecule has 0 radical (unpaired) electrons. The Hall–Kier alpha value is -0.860. The number of benzene rings is 1. The van der Waals surface area contributed by atoms with Crippen LogP contribution in [0, 0.1) is 6.92 Å². The summed E-state index contributed by atoms with van der Waals surface area (Å²) < 4.78 is 5.55. The van der Waals surface area contributed by atoms with Gasteiger partial charge in [0.2, 0.25) is 0 Å². The van der Waals surface area contributed by atoms with Crippen LogP contribution < -0.4 is 5.32 Å². The van der Waals surface area contributed by atoms with Gasteiger partial charge >= 0.3 is 0 Å². The lowest BCUT2D eigenvalue weighted by Crippen LogP contribution is -2.42. The monoisotopic (exact) mass is 472 g/mol. The van der Waals surface area contributed by atoms with Gasteiger partial charge in [0, 0.05) is 32.7 Å². The summed E-state index contributed by atoms with van der Waals surface area (Å²) in [6.45, 7) is 11.8. The van der Waals surface area contributed by atoms with Gasteiger partial charge in [-0.3, -0.25) is 9.89 Å². The summed E-state index contributed by atoms with van der Waals surface area (Å²) in [6, 6.07) is 9.25. The van der Waals surface area contributed by atoms with Gasteiger partial charge < -0.3 is 15.0 Å². The molecule has 2 aliphatic heterocycles. The van der Waals surface area contributed by atoms with Crippen LogP contribution in [0.4, 0.5) is 0 Å². The lowest BCUT2D eigenvalue weighted by Gasteiger charge is -2.34. The molecule has 0 aliphatic carbocycles. The zero-order valence-electron chi connectivity index (χ0n) is 16.1. The van der Waals surface area contributed by atoms with E-state index in [4.69, 9.17) is 9.73 Å². The number of rotatable bonds is 5. The van der Waals surface area contributed by atoms with Crippen molar-refractivity contribution in [2.45, 2.75) is 32.7 Å². The smallest absolute Gasteiger partial charge is 0.193 e. The minimum absolute atomic E-state index is 0. The number of aliphatic imine (C=N–C) groups is 1. The number of hydrogen-bond acceptors (Lipinski definition) is 3. The van der Waals surface area contributed by atoms with Crippen LogP contribution in [0.25, 0.3) is 0 Å². The van der Waals surface area contributed by atoms with Gasteiger partial charge in [-0.2, -0.15) is 0 Å². The Kier molecular flexibility index (Phi) is 9.15. The number of morpholine rings is 1. The average Bonchev–Trinajstić information content (AvgIpc) is 3.18. The minimum atomic E-state index is 0. The number of guanidine groups is 1. The molecule has 2 aliphatic rings. The number of nitrogens with zero attached hydrogens (tertiary/aromatic N) is 3. The summed E-state index contributed by atoms with van der Waals surface area (Å²) >= 11 is 0. The Morgan fingerprint density at radius 3 is 2.38 bits per heavy atom. The molecule has 0 saturated carbocycles. The molecule has 1 unspecified atom stereocenters. The first-order valence-electron chi connectivity index (χ1n) is 9.69. The molecular weight excluding hydrogens is 439 g/mol. The van der Waals surface area contributed by atoms with Gasteiger partial charge in [-0.15, -0.1) is 24.0 Å². The van der Waals surface area contributed by atoms with Crippen molar-refractivity contribution in [3.63, 3.8) is 0 Å². The Morgan fingerprint density at radius 1 is 1.12 bits per heavy atom. The highest BCUT2D eigenvalue weighted by atomic mass is 127. The van der Waals surface area contributed by atoms with Crippen LogP contribution in [0.15, 0.2) is 29.3 Å². The molecule has 3 rings (SSSR count). The van der Waals surface area contributed by atoms with E-state index >= 15 is 0 Å². The van der Waals surface area contributed by atoms with Crippen molar-refractivity contribution in [3.8, 4) is 0 Å². The van der Waals surface area contributed by atoms with Crippen molar-refractivity contribution in [2.24, 2.45) is 4.99 Å². The molecule has 0 bridgehead atoms. The predicted octanol–water partition coefficient (Wildman–Crippen LogP) is 3.05. The van der Waals surface area contributed by atoms with Crippen LogP contribution in [0.2, 0.25) is 0 Å². The number of aryl methyl sites for hydroxylation is 1. The Labute approximate surface area is 175 Å². The highest BCUT2D eigenvalue weighted by Gasteiger charge is 2.23. The summed E-state index contributed by atoms with van der Waals surface area (Å²) in [5.41, 5.74) is 2.66. The van der Waals surface area contributed by atoms with E-state index < -0.39 is 0 Å². The van der Waals surface area contributed by atoms with Gasteiger partial charge in [-0.25, -0.2) is 0 Å². The van der Waals surface area contributed by atoms with Gasteiger partial charge in [0.25, 0.3) is 0 Å². The lowest BCUT2D eigenvalue weighted by atomic mass is 10.0. The molecular formula is C20H33IN4O. The number of hydrogen-bond donors (Lipinski definition) is 1. The van der Waals surface area contributed by atoms with E-state index in [1.54, 1.807) is 0 Å². The van der Waals surface area contributed by atoms with Crippen molar-refractivity contribution < 1.29 is 4.74 Å². The second-order valence-electron chi connectivity index (χ2n) is 6.96. The van der Waals surface area contributed by atoms with Crippen molar-refractivity contribution in [3.05, 3.63) is 35.4 Å². The molecule has 0 spiro atoms. The molecule has 0 amide bonds. The molecule has 2 saturated heterocycles. The molecule has 26 heavy (non-hydrogen) atoms. The maximum Gasteiger partial charge on any atom is 0.193 e. The van der Waals surface area contributed by atoms with E-state index in [9.17, 15) is 0 Å². The summed E-state index contributed by atoms with van der Waals surface area (Å²) in [5, 5.41) is 3.48. The second kappa shape index (κ2) is 11.1. The third-order valence-electron chi connectivity index (χ3n) is 5.10. The van der Waals surface area contributed by atoms with Crippen LogP contribution in [0.3, 0.4) is 0 Å².